The van der Waals surface area contributed by atoms with Crippen LogP contribution in [0.2, 0.25) is 0 Å². The van der Waals surface area contributed by atoms with Gasteiger partial charge in [-0.15, -0.1) is 12.4 Å². The van der Waals surface area contributed by atoms with Crippen LogP contribution in [0.15, 0.2) is 0 Å². The van der Waals surface area contributed by atoms with Crippen molar-refractivity contribution in [2.24, 2.45) is 5.92 Å². The Bertz CT molecular complexity index is 203. The van der Waals surface area contributed by atoms with Crippen molar-refractivity contribution in [3.63, 3.8) is 0 Å². The molecule has 4 heteroatoms. The maximum atomic E-state index is 11.9. The van der Waals surface area contributed by atoms with Crippen LogP contribution in [-0.4, -0.2) is 36.5 Å². The number of carbonyl (C=O) groups excluding carboxylic acids is 1. The molecule has 1 atom stereocenters. The average Bonchev–Trinajstić information content (AvgIpc) is 2.67. The summed E-state index contributed by atoms with van der Waals surface area (Å²) < 4.78 is 0. The van der Waals surface area contributed by atoms with Crippen molar-refractivity contribution in [1.29, 1.82) is 0 Å². The summed E-state index contributed by atoms with van der Waals surface area (Å²) in [5, 5.41) is 3.34. The van der Waals surface area contributed by atoms with Crippen LogP contribution in [0.1, 0.15) is 40.0 Å². The molecule has 1 heterocycles. The molecule has 0 aromatic heterocycles. The highest BCUT2D eigenvalue weighted by Gasteiger charge is 2.19. The van der Waals surface area contributed by atoms with E-state index in [1.54, 1.807) is 0 Å². The number of hydrogen-bond donors (Lipinski definition) is 1. The van der Waals surface area contributed by atoms with E-state index in [1.165, 1.54) is 6.42 Å². The average molecular weight is 249 g/mol. The van der Waals surface area contributed by atoms with Crippen LogP contribution in [0.3, 0.4) is 0 Å². The zero-order valence-electron chi connectivity index (χ0n) is 10.7. The van der Waals surface area contributed by atoms with Gasteiger partial charge in [-0.05, 0) is 52.6 Å². The summed E-state index contributed by atoms with van der Waals surface area (Å²) in [6.45, 7) is 9.27. The molecule has 1 saturated heterocycles. The van der Waals surface area contributed by atoms with Crippen LogP contribution >= 0.6 is 12.4 Å². The largest absolute Gasteiger partial charge is 0.341 e. The van der Waals surface area contributed by atoms with Crippen LogP contribution in [0.4, 0.5) is 0 Å². The normalized spacial score (nSPS) is 19.6. The maximum absolute atomic E-state index is 11.9. The van der Waals surface area contributed by atoms with Crippen molar-refractivity contribution in [3.8, 4) is 0 Å². The van der Waals surface area contributed by atoms with Gasteiger partial charge in [-0.2, -0.15) is 0 Å². The molecule has 0 spiro atoms. The first-order valence-corrected chi connectivity index (χ1v) is 6.15. The van der Waals surface area contributed by atoms with E-state index < -0.39 is 0 Å². The van der Waals surface area contributed by atoms with Gasteiger partial charge in [0, 0.05) is 19.0 Å². The molecule has 16 heavy (non-hydrogen) atoms. The topological polar surface area (TPSA) is 32.3 Å². The van der Waals surface area contributed by atoms with Gasteiger partial charge in [0.2, 0.25) is 5.91 Å². The summed E-state index contributed by atoms with van der Waals surface area (Å²) in [5.41, 5.74) is 0. The molecule has 1 unspecified atom stereocenters. The minimum absolute atomic E-state index is 0. The molecule has 0 aliphatic carbocycles. The lowest BCUT2D eigenvalue weighted by molar-refractivity contribution is -0.132. The number of amides is 1. The van der Waals surface area contributed by atoms with Crippen LogP contribution in [0, 0.1) is 5.92 Å². The molecule has 1 N–H and O–H groups in total. The number of halogens is 1. The van der Waals surface area contributed by atoms with Gasteiger partial charge >= 0.3 is 0 Å². The van der Waals surface area contributed by atoms with Gasteiger partial charge in [0.25, 0.3) is 0 Å². The Morgan fingerprint density at radius 1 is 1.50 bits per heavy atom. The smallest absolute Gasteiger partial charge is 0.222 e. The molecule has 96 valence electrons. The molecular formula is C12H25ClN2O. The van der Waals surface area contributed by atoms with Crippen molar-refractivity contribution in [3.05, 3.63) is 0 Å². The quantitative estimate of drug-likeness (QED) is 0.808. The Labute approximate surface area is 105 Å². The molecule has 1 amide bonds. The van der Waals surface area contributed by atoms with Crippen molar-refractivity contribution in [2.45, 2.75) is 46.1 Å². The van der Waals surface area contributed by atoms with Gasteiger partial charge in [0.1, 0.15) is 0 Å². The second kappa shape index (κ2) is 7.91. The highest BCUT2D eigenvalue weighted by molar-refractivity contribution is 5.85. The van der Waals surface area contributed by atoms with Gasteiger partial charge in [0.05, 0.1) is 0 Å². The summed E-state index contributed by atoms with van der Waals surface area (Å²) in [7, 11) is 0. The molecule has 3 nitrogen and oxygen atoms in total. The third-order valence-electron chi connectivity index (χ3n) is 3.21. The Hall–Kier alpha value is -0.280. The van der Waals surface area contributed by atoms with Crippen LogP contribution in [0.5, 0.6) is 0 Å². The Morgan fingerprint density at radius 3 is 2.62 bits per heavy atom. The molecule has 0 aromatic carbocycles. The molecule has 1 fully saturated rings. The van der Waals surface area contributed by atoms with Gasteiger partial charge in [-0.3, -0.25) is 4.79 Å². The Morgan fingerprint density at radius 2 is 2.19 bits per heavy atom. The lowest BCUT2D eigenvalue weighted by atomic mass is 10.0. The summed E-state index contributed by atoms with van der Waals surface area (Å²) in [6, 6.07) is 0.337. The first-order valence-electron chi connectivity index (χ1n) is 6.15. The second-order valence-electron chi connectivity index (χ2n) is 4.67. The second-order valence-corrected chi connectivity index (χ2v) is 4.67. The molecule has 1 rings (SSSR count). The first kappa shape index (κ1) is 15.7. The van der Waals surface area contributed by atoms with Crippen molar-refractivity contribution in [2.75, 3.05) is 19.6 Å². The fraction of sp³-hybridized carbons (Fsp3) is 0.917. The van der Waals surface area contributed by atoms with Crippen molar-refractivity contribution < 1.29 is 4.79 Å². The van der Waals surface area contributed by atoms with E-state index in [4.69, 9.17) is 0 Å². The van der Waals surface area contributed by atoms with Crippen LogP contribution < -0.4 is 5.32 Å². The third-order valence-corrected chi connectivity index (χ3v) is 3.21. The van der Waals surface area contributed by atoms with E-state index in [2.05, 4.69) is 26.1 Å². The molecule has 0 bridgehead atoms. The molecule has 0 aromatic rings. The molecule has 0 radical (unpaired) electrons. The monoisotopic (exact) mass is 248 g/mol. The zero-order valence-corrected chi connectivity index (χ0v) is 11.5. The lowest BCUT2D eigenvalue weighted by Crippen LogP contribution is -2.36. The number of rotatable bonds is 5. The van der Waals surface area contributed by atoms with Crippen LogP contribution in [-0.2, 0) is 4.79 Å². The first-order chi connectivity index (χ1) is 7.15. The number of nitrogens with one attached hydrogen (secondary N) is 1. The summed E-state index contributed by atoms with van der Waals surface area (Å²) in [5.74, 6) is 1.04. The minimum Gasteiger partial charge on any atom is -0.341 e. The number of hydrogen-bond acceptors (Lipinski definition) is 2. The minimum atomic E-state index is 0. The summed E-state index contributed by atoms with van der Waals surface area (Å²) in [4.78, 5) is 13.8. The predicted octanol–water partition coefficient (Wildman–Crippen LogP) is 2.05. The fourth-order valence-electron chi connectivity index (χ4n) is 2.26. The molecule has 1 aliphatic rings. The molecular weight excluding hydrogens is 224 g/mol. The van der Waals surface area contributed by atoms with E-state index in [-0.39, 0.29) is 12.4 Å². The standard InChI is InChI=1S/C12H24N2O.ClH/c1-4-14(10(2)3)12(15)6-5-11-7-8-13-9-11;/h10-11,13H,4-9H2,1-3H3;1H. The van der Waals surface area contributed by atoms with Gasteiger partial charge in [-0.1, -0.05) is 0 Å². The number of carbonyl (C=O) groups is 1. The van der Waals surface area contributed by atoms with E-state index in [9.17, 15) is 4.79 Å². The van der Waals surface area contributed by atoms with Crippen LogP contribution in [0.25, 0.3) is 0 Å². The van der Waals surface area contributed by atoms with E-state index in [1.807, 2.05) is 4.90 Å². The molecule has 1 aliphatic heterocycles. The maximum Gasteiger partial charge on any atom is 0.222 e. The van der Waals surface area contributed by atoms with Crippen molar-refractivity contribution in [1.82, 2.24) is 10.2 Å². The van der Waals surface area contributed by atoms with E-state index in [0.29, 0.717) is 11.9 Å². The van der Waals surface area contributed by atoms with E-state index in [0.717, 1.165) is 38.4 Å². The SMILES string of the molecule is CCN(C(=O)CCC1CCNC1)C(C)C.Cl. The Balaban J connectivity index is 0.00000225. The van der Waals surface area contributed by atoms with Crippen molar-refractivity contribution >= 4 is 18.3 Å². The van der Waals surface area contributed by atoms with Gasteiger partial charge in [0.15, 0.2) is 0 Å². The fourth-order valence-corrected chi connectivity index (χ4v) is 2.26. The highest BCUT2D eigenvalue weighted by atomic mass is 35.5. The van der Waals surface area contributed by atoms with Gasteiger partial charge < -0.3 is 10.2 Å². The van der Waals surface area contributed by atoms with Gasteiger partial charge in [-0.25, -0.2) is 0 Å². The Kier molecular flexibility index (Phi) is 7.77. The molecule has 0 saturated carbocycles. The summed E-state index contributed by atoms with van der Waals surface area (Å²) in [6.07, 6.45) is 3.01. The number of nitrogens with zero attached hydrogens (tertiary/aromatic N) is 1. The lowest BCUT2D eigenvalue weighted by Gasteiger charge is -2.25. The highest BCUT2D eigenvalue weighted by Crippen LogP contribution is 2.15. The summed E-state index contributed by atoms with van der Waals surface area (Å²) >= 11 is 0. The predicted molar refractivity (Wildman–Crippen MR) is 70.0 cm³/mol. The van der Waals surface area contributed by atoms with E-state index >= 15 is 0 Å². The third kappa shape index (κ3) is 4.71. The zero-order chi connectivity index (χ0) is 11.3.